The van der Waals surface area contributed by atoms with E-state index in [1.807, 2.05) is 0 Å². The highest BCUT2D eigenvalue weighted by Crippen LogP contribution is 2.27. The molecule has 0 saturated heterocycles. The van der Waals surface area contributed by atoms with Crippen LogP contribution >= 0.6 is 0 Å². The van der Waals surface area contributed by atoms with E-state index in [0.29, 0.717) is 12.5 Å². The van der Waals surface area contributed by atoms with Gasteiger partial charge < -0.3 is 15.2 Å². The lowest BCUT2D eigenvalue weighted by atomic mass is 9.95. The zero-order chi connectivity index (χ0) is 14.4. The molecule has 1 fully saturated rings. The zero-order valence-electron chi connectivity index (χ0n) is 11.7. The standard InChI is InChI=1S/C12H22N6O2/c1-20-11-16-9(15-10(17-11)18-13)14-8-12(19)6-4-2-3-5-7-12/h19H,2-8,13H2,1H3,(H2,14,15,16,17,18). The molecule has 0 amide bonds. The minimum absolute atomic E-state index is 0.170. The summed E-state index contributed by atoms with van der Waals surface area (Å²) in [5.74, 6) is 5.84. The van der Waals surface area contributed by atoms with Crippen LogP contribution in [0.3, 0.4) is 0 Å². The van der Waals surface area contributed by atoms with Gasteiger partial charge in [-0.05, 0) is 12.8 Å². The number of nitrogens with one attached hydrogen (secondary N) is 2. The van der Waals surface area contributed by atoms with E-state index in [1.54, 1.807) is 0 Å². The summed E-state index contributed by atoms with van der Waals surface area (Å²) in [5, 5.41) is 13.6. The first-order valence-electron chi connectivity index (χ1n) is 6.88. The van der Waals surface area contributed by atoms with Crippen LogP contribution in [0.1, 0.15) is 38.5 Å². The SMILES string of the molecule is COc1nc(NN)nc(NCC2(O)CCCCCC2)n1. The van der Waals surface area contributed by atoms with Crippen LogP contribution in [0.15, 0.2) is 0 Å². The third kappa shape index (κ3) is 3.91. The molecular formula is C12H22N6O2. The van der Waals surface area contributed by atoms with Crippen molar-refractivity contribution in [1.82, 2.24) is 15.0 Å². The lowest BCUT2D eigenvalue weighted by Gasteiger charge is -2.26. The third-order valence-electron chi connectivity index (χ3n) is 3.54. The predicted molar refractivity (Wildman–Crippen MR) is 75.3 cm³/mol. The van der Waals surface area contributed by atoms with E-state index in [0.717, 1.165) is 25.7 Å². The maximum atomic E-state index is 10.6. The molecule has 5 N–H and O–H groups in total. The Bertz CT molecular complexity index is 412. The average Bonchev–Trinajstić information content (AvgIpc) is 2.70. The molecule has 20 heavy (non-hydrogen) atoms. The number of methoxy groups -OCH3 is 1. The molecular weight excluding hydrogens is 260 g/mol. The van der Waals surface area contributed by atoms with Crippen LogP contribution in [0.5, 0.6) is 6.01 Å². The molecule has 1 aliphatic carbocycles. The Morgan fingerprint density at radius 3 is 2.40 bits per heavy atom. The molecule has 0 spiro atoms. The minimum atomic E-state index is -0.702. The van der Waals surface area contributed by atoms with Crippen LogP contribution in [0, 0.1) is 0 Å². The van der Waals surface area contributed by atoms with Gasteiger partial charge in [0.25, 0.3) is 0 Å². The second-order valence-electron chi connectivity index (χ2n) is 5.11. The fraction of sp³-hybridized carbons (Fsp3) is 0.750. The van der Waals surface area contributed by atoms with Crippen LogP contribution in [0.2, 0.25) is 0 Å². The fourth-order valence-corrected chi connectivity index (χ4v) is 2.40. The summed E-state index contributed by atoms with van der Waals surface area (Å²) in [6, 6.07) is 0.170. The van der Waals surface area contributed by atoms with Gasteiger partial charge in [-0.15, -0.1) is 0 Å². The number of nitrogens with two attached hydrogens (primary N) is 1. The van der Waals surface area contributed by atoms with Crippen LogP contribution in [-0.4, -0.2) is 39.3 Å². The van der Waals surface area contributed by atoms with E-state index in [4.69, 9.17) is 10.6 Å². The molecule has 0 unspecified atom stereocenters. The van der Waals surface area contributed by atoms with Crippen molar-refractivity contribution in [3.8, 4) is 6.01 Å². The van der Waals surface area contributed by atoms with Gasteiger partial charge in [0.05, 0.1) is 12.7 Å². The monoisotopic (exact) mass is 282 g/mol. The molecule has 0 aliphatic heterocycles. The Hall–Kier alpha value is -1.67. The number of anilines is 2. The largest absolute Gasteiger partial charge is 0.467 e. The van der Waals surface area contributed by atoms with Crippen molar-refractivity contribution < 1.29 is 9.84 Å². The highest BCUT2D eigenvalue weighted by atomic mass is 16.5. The number of rotatable bonds is 5. The lowest BCUT2D eigenvalue weighted by molar-refractivity contribution is 0.0379. The Morgan fingerprint density at radius 1 is 1.15 bits per heavy atom. The van der Waals surface area contributed by atoms with Crippen molar-refractivity contribution in [1.29, 1.82) is 0 Å². The molecule has 0 bridgehead atoms. The number of aliphatic hydroxyl groups is 1. The molecule has 112 valence electrons. The quantitative estimate of drug-likeness (QED) is 0.353. The van der Waals surface area contributed by atoms with E-state index in [1.165, 1.54) is 20.0 Å². The van der Waals surface area contributed by atoms with Gasteiger partial charge in [-0.1, -0.05) is 25.7 Å². The minimum Gasteiger partial charge on any atom is -0.467 e. The van der Waals surface area contributed by atoms with Gasteiger partial charge in [0.2, 0.25) is 11.9 Å². The molecule has 0 aromatic carbocycles. The number of hydrogen-bond acceptors (Lipinski definition) is 8. The first-order chi connectivity index (χ1) is 9.65. The number of nitrogen functional groups attached to an aromatic ring is 1. The van der Waals surface area contributed by atoms with Gasteiger partial charge in [0.15, 0.2) is 0 Å². The molecule has 2 rings (SSSR count). The van der Waals surface area contributed by atoms with E-state index in [2.05, 4.69) is 25.7 Å². The molecule has 0 radical (unpaired) electrons. The molecule has 1 aromatic rings. The maximum Gasteiger partial charge on any atom is 0.322 e. The van der Waals surface area contributed by atoms with Crippen molar-refractivity contribution in [3.05, 3.63) is 0 Å². The molecule has 1 aliphatic rings. The van der Waals surface area contributed by atoms with Crippen LogP contribution in [0.25, 0.3) is 0 Å². The Labute approximate surface area is 118 Å². The van der Waals surface area contributed by atoms with E-state index in [-0.39, 0.29) is 12.0 Å². The third-order valence-corrected chi connectivity index (χ3v) is 3.54. The first-order valence-corrected chi connectivity index (χ1v) is 6.88. The number of hydrogen-bond donors (Lipinski definition) is 4. The zero-order valence-corrected chi connectivity index (χ0v) is 11.7. The van der Waals surface area contributed by atoms with Gasteiger partial charge in [0.1, 0.15) is 0 Å². The number of hydrazine groups is 1. The molecule has 8 heteroatoms. The molecule has 1 saturated carbocycles. The number of aromatic nitrogens is 3. The van der Waals surface area contributed by atoms with Crippen LogP contribution in [0.4, 0.5) is 11.9 Å². The Morgan fingerprint density at radius 2 is 1.80 bits per heavy atom. The van der Waals surface area contributed by atoms with Gasteiger partial charge in [-0.25, -0.2) is 5.84 Å². The van der Waals surface area contributed by atoms with Crippen LogP contribution < -0.4 is 21.3 Å². The van der Waals surface area contributed by atoms with Crippen LogP contribution in [-0.2, 0) is 0 Å². The summed E-state index contributed by atoms with van der Waals surface area (Å²) >= 11 is 0. The highest BCUT2D eigenvalue weighted by molar-refractivity contribution is 5.35. The summed E-state index contributed by atoms with van der Waals surface area (Å²) in [6.07, 6.45) is 6.06. The van der Waals surface area contributed by atoms with Gasteiger partial charge in [-0.2, -0.15) is 15.0 Å². The summed E-state index contributed by atoms with van der Waals surface area (Å²) in [5.41, 5.74) is 1.65. The van der Waals surface area contributed by atoms with Crippen molar-refractivity contribution in [2.45, 2.75) is 44.1 Å². The van der Waals surface area contributed by atoms with Crippen molar-refractivity contribution in [2.24, 2.45) is 5.84 Å². The Balaban J connectivity index is 2.02. The smallest absolute Gasteiger partial charge is 0.322 e. The van der Waals surface area contributed by atoms with Gasteiger partial charge in [0, 0.05) is 6.54 Å². The topological polar surface area (TPSA) is 118 Å². The first kappa shape index (κ1) is 14.7. The van der Waals surface area contributed by atoms with Crippen molar-refractivity contribution >= 4 is 11.9 Å². The van der Waals surface area contributed by atoms with E-state index < -0.39 is 5.60 Å². The summed E-state index contributed by atoms with van der Waals surface area (Å²) in [4.78, 5) is 12.1. The predicted octanol–water partition coefficient (Wildman–Crippen LogP) is 0.663. The number of ether oxygens (including phenoxy) is 1. The van der Waals surface area contributed by atoms with Crippen molar-refractivity contribution in [2.75, 3.05) is 24.4 Å². The van der Waals surface area contributed by atoms with E-state index in [9.17, 15) is 5.11 Å². The molecule has 1 heterocycles. The van der Waals surface area contributed by atoms with Crippen molar-refractivity contribution in [3.63, 3.8) is 0 Å². The lowest BCUT2D eigenvalue weighted by Crippen LogP contribution is -2.36. The second kappa shape index (κ2) is 6.67. The second-order valence-corrected chi connectivity index (χ2v) is 5.11. The Kier molecular flexibility index (Phi) is 4.91. The molecule has 8 nitrogen and oxygen atoms in total. The maximum absolute atomic E-state index is 10.6. The summed E-state index contributed by atoms with van der Waals surface area (Å²) < 4.78 is 4.97. The van der Waals surface area contributed by atoms with Gasteiger partial charge in [-0.3, -0.25) is 5.43 Å². The van der Waals surface area contributed by atoms with Gasteiger partial charge >= 0.3 is 6.01 Å². The normalized spacial score (nSPS) is 18.1. The average molecular weight is 282 g/mol. The summed E-state index contributed by atoms with van der Waals surface area (Å²) in [7, 11) is 1.47. The summed E-state index contributed by atoms with van der Waals surface area (Å²) in [6.45, 7) is 0.407. The number of nitrogens with zero attached hydrogens (tertiary/aromatic N) is 3. The molecule has 1 aromatic heterocycles. The highest BCUT2D eigenvalue weighted by Gasteiger charge is 2.28. The molecule has 0 atom stereocenters. The van der Waals surface area contributed by atoms with E-state index >= 15 is 0 Å². The fourth-order valence-electron chi connectivity index (χ4n) is 2.40.